The third-order valence-electron chi connectivity index (χ3n) is 2.86. The summed E-state index contributed by atoms with van der Waals surface area (Å²) in [6.45, 7) is 8.19. The van der Waals surface area contributed by atoms with E-state index in [1.54, 1.807) is 13.0 Å². The molecule has 80 valence electrons. The van der Waals surface area contributed by atoms with Crippen LogP contribution in [0.1, 0.15) is 19.8 Å². The van der Waals surface area contributed by atoms with E-state index in [4.69, 9.17) is 0 Å². The number of carbonyl (C=O) groups excluding carboxylic acids is 1. The maximum absolute atomic E-state index is 11.4. The molecule has 0 radical (unpaired) electrons. The lowest BCUT2D eigenvalue weighted by atomic mass is 10.0. The summed E-state index contributed by atoms with van der Waals surface area (Å²) in [5.41, 5.74) is 0. The maximum atomic E-state index is 11.4. The fraction of sp³-hybridized carbons (Fsp3) is 0.727. The summed E-state index contributed by atoms with van der Waals surface area (Å²) < 4.78 is 0. The van der Waals surface area contributed by atoms with E-state index < -0.39 is 0 Å². The highest BCUT2D eigenvalue weighted by Crippen LogP contribution is 2.15. The normalized spacial score (nSPS) is 19.3. The lowest BCUT2D eigenvalue weighted by molar-refractivity contribution is -0.131. The number of amides is 1. The van der Waals surface area contributed by atoms with Crippen LogP contribution in [0.15, 0.2) is 12.7 Å². The van der Waals surface area contributed by atoms with Gasteiger partial charge in [-0.3, -0.25) is 4.79 Å². The standard InChI is InChI=1S/C11H20N2O/c1-4-7-13(10(2)14)11-5-8-12(3)9-6-11/h4,11H,1,5-9H2,2-3H3. The summed E-state index contributed by atoms with van der Waals surface area (Å²) in [6.07, 6.45) is 3.98. The summed E-state index contributed by atoms with van der Waals surface area (Å²) in [7, 11) is 2.13. The summed E-state index contributed by atoms with van der Waals surface area (Å²) in [5.74, 6) is 0.166. The molecule has 3 heteroatoms. The van der Waals surface area contributed by atoms with Crippen molar-refractivity contribution >= 4 is 5.91 Å². The number of hydrogen-bond donors (Lipinski definition) is 0. The van der Waals surface area contributed by atoms with Gasteiger partial charge in [0, 0.05) is 19.5 Å². The van der Waals surface area contributed by atoms with E-state index in [1.807, 2.05) is 4.90 Å². The van der Waals surface area contributed by atoms with E-state index >= 15 is 0 Å². The van der Waals surface area contributed by atoms with Crippen LogP contribution in [-0.2, 0) is 4.79 Å². The molecule has 0 aliphatic carbocycles. The quantitative estimate of drug-likeness (QED) is 0.631. The molecular formula is C11H20N2O. The first-order valence-electron chi connectivity index (χ1n) is 5.21. The monoisotopic (exact) mass is 196 g/mol. The Kier molecular flexibility index (Phi) is 4.14. The Bertz CT molecular complexity index is 207. The molecule has 1 saturated heterocycles. The van der Waals surface area contributed by atoms with Crippen LogP contribution in [0.2, 0.25) is 0 Å². The van der Waals surface area contributed by atoms with Gasteiger partial charge in [0.15, 0.2) is 0 Å². The maximum Gasteiger partial charge on any atom is 0.219 e. The van der Waals surface area contributed by atoms with E-state index in [0.717, 1.165) is 25.9 Å². The second-order valence-electron chi connectivity index (χ2n) is 3.99. The van der Waals surface area contributed by atoms with Gasteiger partial charge in [0.1, 0.15) is 0 Å². The minimum atomic E-state index is 0.166. The van der Waals surface area contributed by atoms with Crippen LogP contribution in [0.25, 0.3) is 0 Å². The SMILES string of the molecule is C=CCN(C(C)=O)C1CCN(C)CC1. The van der Waals surface area contributed by atoms with Gasteiger partial charge in [0.05, 0.1) is 0 Å². The van der Waals surface area contributed by atoms with Crippen molar-refractivity contribution in [1.29, 1.82) is 0 Å². The van der Waals surface area contributed by atoms with Crippen molar-refractivity contribution in [2.24, 2.45) is 0 Å². The van der Waals surface area contributed by atoms with Crippen molar-refractivity contribution in [2.75, 3.05) is 26.7 Å². The fourth-order valence-corrected chi connectivity index (χ4v) is 1.98. The van der Waals surface area contributed by atoms with Crippen LogP contribution in [0, 0.1) is 0 Å². The van der Waals surface area contributed by atoms with Gasteiger partial charge in [-0.05, 0) is 33.0 Å². The van der Waals surface area contributed by atoms with Crippen molar-refractivity contribution < 1.29 is 4.79 Å². The van der Waals surface area contributed by atoms with E-state index in [0.29, 0.717) is 12.6 Å². The second-order valence-corrected chi connectivity index (χ2v) is 3.99. The smallest absolute Gasteiger partial charge is 0.219 e. The van der Waals surface area contributed by atoms with Gasteiger partial charge < -0.3 is 9.80 Å². The van der Waals surface area contributed by atoms with Gasteiger partial charge >= 0.3 is 0 Å². The van der Waals surface area contributed by atoms with Gasteiger partial charge in [-0.25, -0.2) is 0 Å². The van der Waals surface area contributed by atoms with E-state index in [1.165, 1.54) is 0 Å². The molecular weight excluding hydrogens is 176 g/mol. The molecule has 1 aliphatic rings. The van der Waals surface area contributed by atoms with Gasteiger partial charge in [-0.2, -0.15) is 0 Å². The Balaban J connectivity index is 2.51. The van der Waals surface area contributed by atoms with Gasteiger partial charge in [0.25, 0.3) is 0 Å². The average molecular weight is 196 g/mol. The number of piperidine rings is 1. The molecule has 3 nitrogen and oxygen atoms in total. The molecule has 0 N–H and O–H groups in total. The number of hydrogen-bond acceptors (Lipinski definition) is 2. The minimum absolute atomic E-state index is 0.166. The molecule has 1 heterocycles. The first-order chi connectivity index (χ1) is 6.65. The molecule has 0 aromatic heterocycles. The van der Waals surface area contributed by atoms with Crippen LogP contribution in [-0.4, -0.2) is 48.4 Å². The van der Waals surface area contributed by atoms with E-state index in [-0.39, 0.29) is 5.91 Å². The largest absolute Gasteiger partial charge is 0.336 e. The van der Waals surface area contributed by atoms with Gasteiger partial charge in [-0.15, -0.1) is 6.58 Å². The molecule has 0 saturated carbocycles. The zero-order valence-electron chi connectivity index (χ0n) is 9.20. The third kappa shape index (κ3) is 2.84. The summed E-state index contributed by atoms with van der Waals surface area (Å²) in [5, 5.41) is 0. The van der Waals surface area contributed by atoms with Crippen molar-refractivity contribution in [3.63, 3.8) is 0 Å². The van der Waals surface area contributed by atoms with Crippen LogP contribution >= 0.6 is 0 Å². The number of likely N-dealkylation sites (tertiary alicyclic amines) is 1. The first-order valence-corrected chi connectivity index (χ1v) is 5.21. The summed E-state index contributed by atoms with van der Waals surface area (Å²) >= 11 is 0. The topological polar surface area (TPSA) is 23.6 Å². The molecule has 1 rings (SSSR count). The molecule has 0 unspecified atom stereocenters. The zero-order valence-corrected chi connectivity index (χ0v) is 9.20. The minimum Gasteiger partial charge on any atom is -0.336 e. The second kappa shape index (κ2) is 5.15. The lowest BCUT2D eigenvalue weighted by Crippen LogP contribution is -2.45. The van der Waals surface area contributed by atoms with Crippen molar-refractivity contribution in [1.82, 2.24) is 9.80 Å². The van der Waals surface area contributed by atoms with Crippen molar-refractivity contribution in [3.8, 4) is 0 Å². The Morgan fingerprint density at radius 2 is 2.14 bits per heavy atom. The van der Waals surface area contributed by atoms with E-state index in [2.05, 4.69) is 18.5 Å². The predicted molar refractivity (Wildman–Crippen MR) is 58.1 cm³/mol. The highest BCUT2D eigenvalue weighted by atomic mass is 16.2. The molecule has 1 fully saturated rings. The molecule has 0 spiro atoms. The number of nitrogens with zero attached hydrogens (tertiary/aromatic N) is 2. The molecule has 14 heavy (non-hydrogen) atoms. The Morgan fingerprint density at radius 1 is 1.57 bits per heavy atom. The van der Waals surface area contributed by atoms with Crippen molar-refractivity contribution in [3.05, 3.63) is 12.7 Å². The van der Waals surface area contributed by atoms with Crippen LogP contribution < -0.4 is 0 Å². The van der Waals surface area contributed by atoms with Gasteiger partial charge in [-0.1, -0.05) is 6.08 Å². The zero-order chi connectivity index (χ0) is 10.6. The van der Waals surface area contributed by atoms with Crippen LogP contribution in [0.4, 0.5) is 0 Å². The first kappa shape index (κ1) is 11.2. The van der Waals surface area contributed by atoms with Crippen molar-refractivity contribution in [2.45, 2.75) is 25.8 Å². The summed E-state index contributed by atoms with van der Waals surface area (Å²) in [4.78, 5) is 15.6. The number of carbonyl (C=O) groups is 1. The van der Waals surface area contributed by atoms with Gasteiger partial charge in [0.2, 0.25) is 5.91 Å². The molecule has 1 amide bonds. The predicted octanol–water partition coefficient (Wildman–Crippen LogP) is 1.12. The third-order valence-corrected chi connectivity index (χ3v) is 2.86. The molecule has 0 bridgehead atoms. The highest BCUT2D eigenvalue weighted by molar-refractivity contribution is 5.73. The molecule has 1 aliphatic heterocycles. The Labute approximate surface area is 86.4 Å². The van der Waals surface area contributed by atoms with Crippen LogP contribution in [0.5, 0.6) is 0 Å². The lowest BCUT2D eigenvalue weighted by Gasteiger charge is -2.36. The Hall–Kier alpha value is -0.830. The highest BCUT2D eigenvalue weighted by Gasteiger charge is 2.23. The fourth-order valence-electron chi connectivity index (χ4n) is 1.98. The number of rotatable bonds is 3. The van der Waals surface area contributed by atoms with E-state index in [9.17, 15) is 4.79 Å². The molecule has 0 atom stereocenters. The molecule has 0 aromatic rings. The average Bonchev–Trinajstić information content (AvgIpc) is 2.15. The summed E-state index contributed by atoms with van der Waals surface area (Å²) in [6, 6.07) is 0.418. The van der Waals surface area contributed by atoms with Crippen LogP contribution in [0.3, 0.4) is 0 Å². The Morgan fingerprint density at radius 3 is 2.57 bits per heavy atom. The molecule has 0 aromatic carbocycles.